The third-order valence-corrected chi connectivity index (χ3v) is 4.77. The molecule has 1 N–H and O–H groups in total. The van der Waals surface area contributed by atoms with E-state index in [4.69, 9.17) is 9.47 Å². The molecule has 0 saturated carbocycles. The minimum atomic E-state index is -0.136. The van der Waals surface area contributed by atoms with Crippen LogP contribution >= 0.6 is 0 Å². The van der Waals surface area contributed by atoms with E-state index < -0.39 is 0 Å². The first-order valence-corrected chi connectivity index (χ1v) is 9.68. The van der Waals surface area contributed by atoms with Gasteiger partial charge in [-0.2, -0.15) is 0 Å². The average Bonchev–Trinajstić information content (AvgIpc) is 2.73. The van der Waals surface area contributed by atoms with Crippen LogP contribution < -0.4 is 9.47 Å². The van der Waals surface area contributed by atoms with Gasteiger partial charge in [0.05, 0.1) is 13.0 Å². The fourth-order valence-electron chi connectivity index (χ4n) is 3.06. The zero-order valence-corrected chi connectivity index (χ0v) is 16.5. The predicted molar refractivity (Wildman–Crippen MR) is 108 cm³/mol. The minimum Gasteiger partial charge on any atom is -0.508 e. The Hall–Kier alpha value is -3.22. The number of nitrogens with zero attached hydrogens (tertiary/aromatic N) is 2. The molecule has 2 aromatic rings. The van der Waals surface area contributed by atoms with Crippen molar-refractivity contribution in [3.63, 3.8) is 0 Å². The molecule has 0 aliphatic carbocycles. The van der Waals surface area contributed by atoms with Crippen LogP contribution in [-0.4, -0.2) is 66.1 Å². The molecule has 29 heavy (non-hydrogen) atoms. The number of piperazine rings is 1. The molecule has 0 bridgehead atoms. The molecule has 1 fully saturated rings. The van der Waals surface area contributed by atoms with E-state index in [0.29, 0.717) is 45.0 Å². The van der Waals surface area contributed by atoms with E-state index in [2.05, 4.69) is 0 Å². The summed E-state index contributed by atoms with van der Waals surface area (Å²) in [7, 11) is 0. The van der Waals surface area contributed by atoms with E-state index in [9.17, 15) is 14.7 Å². The molecular weight excluding hydrogens is 372 g/mol. The van der Waals surface area contributed by atoms with Gasteiger partial charge in [-0.1, -0.05) is 23.8 Å². The Morgan fingerprint density at radius 1 is 0.897 bits per heavy atom. The molecule has 1 aliphatic heterocycles. The number of aromatic hydroxyl groups is 1. The zero-order valence-electron chi connectivity index (χ0n) is 16.5. The van der Waals surface area contributed by atoms with Crippen LogP contribution in [0.5, 0.6) is 17.2 Å². The smallest absolute Gasteiger partial charge is 0.260 e. The van der Waals surface area contributed by atoms with Crippen molar-refractivity contribution in [3.8, 4) is 17.2 Å². The van der Waals surface area contributed by atoms with E-state index in [0.717, 1.165) is 11.3 Å². The Bertz CT molecular complexity index is 829. The number of carbonyl (C=O) groups excluding carboxylic acids is 2. The standard InChI is InChI=1S/C22H26N2O5/c1-17-5-7-19(8-6-17)28-14-9-21(26)23-10-12-24(13-11-23)22(27)16-29-20-4-2-3-18(25)15-20/h2-8,15,25H,9-14,16H2,1H3. The Morgan fingerprint density at radius 2 is 1.55 bits per heavy atom. The average molecular weight is 398 g/mol. The van der Waals surface area contributed by atoms with Crippen LogP contribution in [0.25, 0.3) is 0 Å². The lowest BCUT2D eigenvalue weighted by Crippen LogP contribution is -2.51. The maximum absolute atomic E-state index is 12.4. The molecule has 7 nitrogen and oxygen atoms in total. The van der Waals surface area contributed by atoms with Crippen LogP contribution in [0.2, 0.25) is 0 Å². The summed E-state index contributed by atoms with van der Waals surface area (Å²) < 4.78 is 11.0. The molecule has 1 aliphatic rings. The monoisotopic (exact) mass is 398 g/mol. The normalized spacial score (nSPS) is 13.8. The highest BCUT2D eigenvalue weighted by Gasteiger charge is 2.24. The molecule has 3 rings (SSSR count). The van der Waals surface area contributed by atoms with Gasteiger partial charge in [0.15, 0.2) is 6.61 Å². The number of ether oxygens (including phenoxy) is 2. The number of amides is 2. The zero-order chi connectivity index (χ0) is 20.6. The van der Waals surface area contributed by atoms with Crippen molar-refractivity contribution in [2.45, 2.75) is 13.3 Å². The summed E-state index contributed by atoms with van der Waals surface area (Å²) in [6.07, 6.45) is 0.308. The lowest BCUT2D eigenvalue weighted by atomic mass is 10.2. The lowest BCUT2D eigenvalue weighted by molar-refractivity contribution is -0.141. The molecule has 0 aromatic heterocycles. The van der Waals surface area contributed by atoms with Gasteiger partial charge in [0, 0.05) is 32.2 Å². The highest BCUT2D eigenvalue weighted by atomic mass is 16.5. The molecule has 0 unspecified atom stereocenters. The maximum Gasteiger partial charge on any atom is 0.260 e. The van der Waals surface area contributed by atoms with Crippen LogP contribution in [-0.2, 0) is 9.59 Å². The van der Waals surface area contributed by atoms with E-state index in [1.165, 1.54) is 12.1 Å². The Balaban J connectivity index is 1.36. The second kappa shape index (κ2) is 9.82. The van der Waals surface area contributed by atoms with E-state index >= 15 is 0 Å². The summed E-state index contributed by atoms with van der Waals surface area (Å²) >= 11 is 0. The van der Waals surface area contributed by atoms with Gasteiger partial charge >= 0.3 is 0 Å². The number of carbonyl (C=O) groups is 2. The summed E-state index contributed by atoms with van der Waals surface area (Å²) in [5.74, 6) is 1.18. The second-order valence-electron chi connectivity index (χ2n) is 6.96. The number of hydrogen-bond acceptors (Lipinski definition) is 5. The SMILES string of the molecule is Cc1ccc(OCCC(=O)N2CCN(C(=O)COc3cccc(O)c3)CC2)cc1. The first kappa shape index (κ1) is 20.5. The van der Waals surface area contributed by atoms with Gasteiger partial charge < -0.3 is 24.4 Å². The molecule has 1 heterocycles. The largest absolute Gasteiger partial charge is 0.508 e. The quantitative estimate of drug-likeness (QED) is 0.774. The van der Waals surface area contributed by atoms with E-state index in [-0.39, 0.29) is 24.2 Å². The molecule has 2 amide bonds. The third kappa shape index (κ3) is 6.14. The molecule has 0 radical (unpaired) electrons. The number of hydrogen-bond donors (Lipinski definition) is 1. The number of rotatable bonds is 7. The van der Waals surface area contributed by atoms with Crippen LogP contribution in [0.3, 0.4) is 0 Å². The number of phenolic OH excluding ortho intramolecular Hbond substituents is 1. The highest BCUT2D eigenvalue weighted by Crippen LogP contribution is 2.18. The number of benzene rings is 2. The van der Waals surface area contributed by atoms with Gasteiger partial charge in [0.25, 0.3) is 5.91 Å². The lowest BCUT2D eigenvalue weighted by Gasteiger charge is -2.34. The van der Waals surface area contributed by atoms with Crippen molar-refractivity contribution in [3.05, 3.63) is 54.1 Å². The van der Waals surface area contributed by atoms with Crippen molar-refractivity contribution in [1.29, 1.82) is 0 Å². The molecule has 0 spiro atoms. The minimum absolute atomic E-state index is 0.0280. The Kier molecular flexibility index (Phi) is 6.94. The van der Waals surface area contributed by atoms with Gasteiger partial charge in [0.1, 0.15) is 17.2 Å². The molecule has 154 valence electrons. The number of phenols is 1. The summed E-state index contributed by atoms with van der Waals surface area (Å²) in [6, 6.07) is 14.1. The first-order valence-electron chi connectivity index (χ1n) is 9.68. The van der Waals surface area contributed by atoms with Crippen molar-refractivity contribution in [2.75, 3.05) is 39.4 Å². The summed E-state index contributed by atoms with van der Waals surface area (Å²) in [6.45, 7) is 4.21. The fraction of sp³-hybridized carbons (Fsp3) is 0.364. The van der Waals surface area contributed by atoms with Crippen molar-refractivity contribution in [1.82, 2.24) is 9.80 Å². The fourth-order valence-corrected chi connectivity index (χ4v) is 3.06. The predicted octanol–water partition coefficient (Wildman–Crippen LogP) is 2.22. The molecule has 7 heteroatoms. The first-order chi connectivity index (χ1) is 14.0. The van der Waals surface area contributed by atoms with Crippen molar-refractivity contribution in [2.24, 2.45) is 0 Å². The Labute approximate surface area is 170 Å². The van der Waals surface area contributed by atoms with Crippen molar-refractivity contribution >= 4 is 11.8 Å². The summed E-state index contributed by atoms with van der Waals surface area (Å²) in [4.78, 5) is 28.1. The molecule has 1 saturated heterocycles. The van der Waals surface area contributed by atoms with Gasteiger partial charge in [-0.25, -0.2) is 0 Å². The van der Waals surface area contributed by atoms with Gasteiger partial charge in [0.2, 0.25) is 5.91 Å². The van der Waals surface area contributed by atoms with Crippen molar-refractivity contribution < 1.29 is 24.2 Å². The Morgan fingerprint density at radius 3 is 2.21 bits per heavy atom. The van der Waals surface area contributed by atoms with Crippen LogP contribution in [0.15, 0.2) is 48.5 Å². The van der Waals surface area contributed by atoms with Gasteiger partial charge in [-0.05, 0) is 31.2 Å². The third-order valence-electron chi connectivity index (χ3n) is 4.77. The van der Waals surface area contributed by atoms with Gasteiger partial charge in [-0.3, -0.25) is 9.59 Å². The van der Waals surface area contributed by atoms with Crippen LogP contribution in [0, 0.1) is 6.92 Å². The van der Waals surface area contributed by atoms with Gasteiger partial charge in [-0.15, -0.1) is 0 Å². The summed E-state index contributed by atoms with van der Waals surface area (Å²) in [5.41, 5.74) is 1.16. The maximum atomic E-state index is 12.4. The molecule has 2 aromatic carbocycles. The van der Waals surface area contributed by atoms with E-state index in [1.54, 1.807) is 21.9 Å². The topological polar surface area (TPSA) is 79.3 Å². The van der Waals surface area contributed by atoms with Crippen LogP contribution in [0.1, 0.15) is 12.0 Å². The second-order valence-corrected chi connectivity index (χ2v) is 6.96. The van der Waals surface area contributed by atoms with E-state index in [1.807, 2.05) is 31.2 Å². The molecule has 0 atom stereocenters. The van der Waals surface area contributed by atoms with Crippen LogP contribution in [0.4, 0.5) is 0 Å². The molecular formula is C22H26N2O5. The number of aryl methyl sites for hydroxylation is 1. The highest BCUT2D eigenvalue weighted by molar-refractivity contribution is 5.79. The summed E-state index contributed by atoms with van der Waals surface area (Å²) in [5, 5.41) is 9.42.